The van der Waals surface area contributed by atoms with E-state index in [1.165, 1.54) is 15.6 Å². The van der Waals surface area contributed by atoms with Crippen LogP contribution in [0.5, 0.6) is 0 Å². The highest BCUT2D eigenvalue weighted by Crippen LogP contribution is 2.24. The molecule has 1 saturated heterocycles. The first-order chi connectivity index (χ1) is 13.5. The van der Waals surface area contributed by atoms with Crippen LogP contribution < -0.4 is 0 Å². The summed E-state index contributed by atoms with van der Waals surface area (Å²) >= 11 is 1.43. The molecule has 0 radical (unpaired) electrons. The normalized spacial score (nSPS) is 15.6. The summed E-state index contributed by atoms with van der Waals surface area (Å²) in [6.07, 6.45) is 1.78. The molecule has 2 aromatic heterocycles. The molecule has 0 aliphatic carbocycles. The number of amides is 1. The highest BCUT2D eigenvalue weighted by atomic mass is 32.2. The van der Waals surface area contributed by atoms with Gasteiger partial charge in [-0.1, -0.05) is 18.2 Å². The number of hydrogen-bond acceptors (Lipinski definition) is 6. The Hall–Kier alpha value is -2.49. The fraction of sp³-hybridized carbons (Fsp3) is 0.263. The van der Waals surface area contributed by atoms with Crippen LogP contribution in [0.3, 0.4) is 0 Å². The van der Waals surface area contributed by atoms with E-state index in [4.69, 9.17) is 4.42 Å². The first kappa shape index (κ1) is 18.9. The van der Waals surface area contributed by atoms with Crippen LogP contribution in [-0.2, 0) is 21.2 Å². The summed E-state index contributed by atoms with van der Waals surface area (Å²) in [5, 5.41) is 2.60. The predicted octanol–water partition coefficient (Wildman–Crippen LogP) is 2.48. The van der Waals surface area contributed by atoms with E-state index in [0.717, 1.165) is 5.01 Å². The van der Waals surface area contributed by atoms with Crippen molar-refractivity contribution in [3.63, 3.8) is 0 Å². The minimum atomic E-state index is -3.52. The lowest BCUT2D eigenvalue weighted by atomic mass is 10.2. The molecule has 1 aliphatic heterocycles. The molecule has 4 rings (SSSR count). The maximum atomic E-state index is 12.7. The molecule has 0 N–H and O–H groups in total. The summed E-state index contributed by atoms with van der Waals surface area (Å²) in [7, 11) is -3.52. The van der Waals surface area contributed by atoms with Crippen molar-refractivity contribution < 1.29 is 17.6 Å². The number of thiazole rings is 1. The Morgan fingerprint density at radius 2 is 1.82 bits per heavy atom. The number of benzene rings is 1. The van der Waals surface area contributed by atoms with Crippen LogP contribution in [0.4, 0.5) is 0 Å². The zero-order valence-corrected chi connectivity index (χ0v) is 16.7. The van der Waals surface area contributed by atoms with Gasteiger partial charge in [0, 0.05) is 31.6 Å². The predicted molar refractivity (Wildman–Crippen MR) is 105 cm³/mol. The second kappa shape index (κ2) is 7.86. The fourth-order valence-corrected chi connectivity index (χ4v) is 5.32. The molecule has 1 fully saturated rings. The molecular formula is C19H19N3O4S2. The molecule has 0 atom stereocenters. The Balaban J connectivity index is 1.35. The van der Waals surface area contributed by atoms with Crippen LogP contribution in [0.2, 0.25) is 0 Å². The van der Waals surface area contributed by atoms with Gasteiger partial charge in [-0.15, -0.1) is 11.3 Å². The van der Waals surface area contributed by atoms with Gasteiger partial charge in [0.1, 0.15) is 0 Å². The standard InChI is InChI=1S/C19H19N3O4S2/c23-18(13-15-14-27-19(20-15)17-7-4-12-26-17)21-8-10-22(11-9-21)28(24,25)16-5-2-1-3-6-16/h1-7,12,14H,8-11,13H2. The molecule has 28 heavy (non-hydrogen) atoms. The Bertz CT molecular complexity index is 1040. The number of furan rings is 1. The van der Waals surface area contributed by atoms with Gasteiger partial charge in [0.05, 0.1) is 23.3 Å². The van der Waals surface area contributed by atoms with E-state index in [1.807, 2.05) is 11.4 Å². The quantitative estimate of drug-likeness (QED) is 0.637. The van der Waals surface area contributed by atoms with E-state index in [9.17, 15) is 13.2 Å². The minimum absolute atomic E-state index is 0.0481. The van der Waals surface area contributed by atoms with E-state index in [0.29, 0.717) is 24.5 Å². The lowest BCUT2D eigenvalue weighted by Gasteiger charge is -2.34. The molecule has 1 aliphatic rings. The van der Waals surface area contributed by atoms with Gasteiger partial charge in [-0.3, -0.25) is 4.79 Å². The Kier molecular flexibility index (Phi) is 5.29. The van der Waals surface area contributed by atoms with Crippen molar-refractivity contribution in [1.82, 2.24) is 14.2 Å². The average molecular weight is 418 g/mol. The zero-order chi connectivity index (χ0) is 19.6. The molecule has 0 bridgehead atoms. The minimum Gasteiger partial charge on any atom is -0.462 e. The molecule has 9 heteroatoms. The average Bonchev–Trinajstić information content (AvgIpc) is 3.40. The highest BCUT2D eigenvalue weighted by Gasteiger charge is 2.30. The second-order valence-electron chi connectivity index (χ2n) is 6.40. The molecule has 3 aromatic rings. The summed E-state index contributed by atoms with van der Waals surface area (Å²) in [6, 6.07) is 12.0. The maximum absolute atomic E-state index is 12.7. The molecule has 146 valence electrons. The molecule has 1 aromatic carbocycles. The molecular weight excluding hydrogens is 398 g/mol. The molecule has 7 nitrogen and oxygen atoms in total. The monoisotopic (exact) mass is 417 g/mol. The topological polar surface area (TPSA) is 83.7 Å². The van der Waals surface area contributed by atoms with Gasteiger partial charge in [-0.05, 0) is 24.3 Å². The summed E-state index contributed by atoms with van der Waals surface area (Å²) in [5.74, 6) is 0.636. The Morgan fingerprint density at radius 3 is 2.50 bits per heavy atom. The number of sulfonamides is 1. The number of aromatic nitrogens is 1. The molecule has 0 saturated carbocycles. The third-order valence-corrected chi connectivity index (χ3v) is 7.41. The van der Waals surface area contributed by atoms with E-state index < -0.39 is 10.0 Å². The number of nitrogens with zero attached hydrogens (tertiary/aromatic N) is 3. The van der Waals surface area contributed by atoms with Crippen LogP contribution in [0.15, 0.2) is 63.4 Å². The van der Waals surface area contributed by atoms with Crippen molar-refractivity contribution in [3.05, 3.63) is 59.8 Å². The highest BCUT2D eigenvalue weighted by molar-refractivity contribution is 7.89. The van der Waals surface area contributed by atoms with E-state index >= 15 is 0 Å². The lowest BCUT2D eigenvalue weighted by Crippen LogP contribution is -2.50. The van der Waals surface area contributed by atoms with Crippen LogP contribution in [0.1, 0.15) is 5.69 Å². The molecule has 1 amide bonds. The Labute approximate surface area is 167 Å². The molecule has 0 spiro atoms. The summed E-state index contributed by atoms with van der Waals surface area (Å²) in [5.41, 5.74) is 0.695. The van der Waals surface area contributed by atoms with Crippen molar-refractivity contribution in [2.45, 2.75) is 11.3 Å². The fourth-order valence-electron chi connectivity index (χ4n) is 3.09. The van der Waals surface area contributed by atoms with Gasteiger partial charge in [0.2, 0.25) is 15.9 Å². The van der Waals surface area contributed by atoms with Crippen LogP contribution in [0.25, 0.3) is 10.8 Å². The smallest absolute Gasteiger partial charge is 0.243 e. The third kappa shape index (κ3) is 3.87. The summed E-state index contributed by atoms with van der Waals surface area (Å²) in [6.45, 7) is 1.33. The van der Waals surface area contributed by atoms with E-state index in [1.54, 1.807) is 47.6 Å². The number of carbonyl (C=O) groups excluding carboxylic acids is 1. The van der Waals surface area contributed by atoms with Crippen molar-refractivity contribution in [2.24, 2.45) is 0 Å². The maximum Gasteiger partial charge on any atom is 0.243 e. The SMILES string of the molecule is O=C(Cc1csc(-c2ccco2)n1)N1CCN(S(=O)(=O)c2ccccc2)CC1. The molecule has 3 heterocycles. The van der Waals surface area contributed by atoms with Crippen LogP contribution >= 0.6 is 11.3 Å². The van der Waals surface area contributed by atoms with Crippen LogP contribution in [-0.4, -0.2) is 54.7 Å². The van der Waals surface area contributed by atoms with E-state index in [-0.39, 0.29) is 30.3 Å². The molecule has 0 unspecified atom stereocenters. The van der Waals surface area contributed by atoms with Gasteiger partial charge in [0.15, 0.2) is 10.8 Å². The number of rotatable bonds is 5. The lowest BCUT2D eigenvalue weighted by molar-refractivity contribution is -0.131. The van der Waals surface area contributed by atoms with Gasteiger partial charge < -0.3 is 9.32 Å². The van der Waals surface area contributed by atoms with Crippen molar-refractivity contribution in [2.75, 3.05) is 26.2 Å². The first-order valence-electron chi connectivity index (χ1n) is 8.85. The van der Waals surface area contributed by atoms with Gasteiger partial charge in [-0.2, -0.15) is 4.31 Å². The van der Waals surface area contributed by atoms with E-state index in [2.05, 4.69) is 4.98 Å². The Morgan fingerprint density at radius 1 is 1.07 bits per heavy atom. The van der Waals surface area contributed by atoms with Crippen molar-refractivity contribution in [1.29, 1.82) is 0 Å². The number of carbonyl (C=O) groups is 1. The van der Waals surface area contributed by atoms with Crippen LogP contribution in [0, 0.1) is 0 Å². The zero-order valence-electron chi connectivity index (χ0n) is 15.0. The van der Waals surface area contributed by atoms with Crippen molar-refractivity contribution >= 4 is 27.3 Å². The largest absolute Gasteiger partial charge is 0.462 e. The summed E-state index contributed by atoms with van der Waals surface area (Å²) < 4.78 is 32.1. The first-order valence-corrected chi connectivity index (χ1v) is 11.2. The third-order valence-electron chi connectivity index (χ3n) is 4.59. The number of piperazine rings is 1. The van der Waals surface area contributed by atoms with Gasteiger partial charge in [0.25, 0.3) is 0 Å². The second-order valence-corrected chi connectivity index (χ2v) is 9.19. The summed E-state index contributed by atoms with van der Waals surface area (Å²) in [4.78, 5) is 19.0. The van der Waals surface area contributed by atoms with Gasteiger partial charge in [-0.25, -0.2) is 13.4 Å². The van der Waals surface area contributed by atoms with Gasteiger partial charge >= 0.3 is 0 Å². The van der Waals surface area contributed by atoms with Crippen molar-refractivity contribution in [3.8, 4) is 10.8 Å². The number of hydrogen-bond donors (Lipinski definition) is 0.